The number of anilines is 1. The Bertz CT molecular complexity index is 979. The lowest BCUT2D eigenvalue weighted by Gasteiger charge is -2.20. The first-order valence-electron chi connectivity index (χ1n) is 9.41. The van der Waals surface area contributed by atoms with Crippen LogP contribution in [0.5, 0.6) is 0 Å². The summed E-state index contributed by atoms with van der Waals surface area (Å²) in [7, 11) is 0. The number of nitrogens with zero attached hydrogens (tertiary/aromatic N) is 1. The minimum Gasteiger partial charge on any atom is -0.451 e. The van der Waals surface area contributed by atoms with Crippen molar-refractivity contribution in [2.45, 2.75) is 39.5 Å². The smallest absolute Gasteiger partial charge is 0.359 e. The third kappa shape index (κ3) is 4.06. The number of carbonyl (C=O) groups excluding carboxylic acids is 2. The van der Waals surface area contributed by atoms with Crippen molar-refractivity contribution >= 4 is 28.5 Å². The Morgan fingerprint density at radius 3 is 2.29 bits per heavy atom. The summed E-state index contributed by atoms with van der Waals surface area (Å²) in [4.78, 5) is 24.8. The highest BCUT2D eigenvalue weighted by Gasteiger charge is 2.19. The normalized spacial score (nSPS) is 11.2. The summed E-state index contributed by atoms with van der Waals surface area (Å²) in [6.07, 6.45) is 0. The first-order valence-corrected chi connectivity index (χ1v) is 9.41. The van der Waals surface area contributed by atoms with Crippen LogP contribution >= 0.6 is 0 Å². The molecule has 1 heterocycles. The van der Waals surface area contributed by atoms with Gasteiger partial charge in [-0.2, -0.15) is 5.10 Å². The second-order valence-corrected chi connectivity index (χ2v) is 7.36. The van der Waals surface area contributed by atoms with E-state index in [1.165, 1.54) is 0 Å². The molecule has 6 nitrogen and oxygen atoms in total. The molecule has 3 aromatic rings. The number of aromatic nitrogens is 2. The summed E-state index contributed by atoms with van der Waals surface area (Å²) < 4.78 is 5.20. The zero-order valence-corrected chi connectivity index (χ0v) is 16.6. The fourth-order valence-corrected chi connectivity index (χ4v) is 3.19. The second-order valence-electron chi connectivity index (χ2n) is 7.36. The number of ether oxygens (including phenoxy) is 1. The van der Waals surface area contributed by atoms with Crippen LogP contribution in [0.25, 0.3) is 10.9 Å². The number of hydrogen-bond donors (Lipinski definition) is 2. The van der Waals surface area contributed by atoms with Gasteiger partial charge in [0, 0.05) is 11.1 Å². The molecule has 0 unspecified atom stereocenters. The summed E-state index contributed by atoms with van der Waals surface area (Å²) >= 11 is 0. The lowest BCUT2D eigenvalue weighted by Crippen LogP contribution is -2.23. The Labute approximate surface area is 164 Å². The average Bonchev–Trinajstić information content (AvgIpc) is 3.10. The van der Waals surface area contributed by atoms with E-state index < -0.39 is 5.97 Å². The number of fused-ring (bicyclic) bond motifs is 1. The molecule has 3 rings (SSSR count). The zero-order valence-electron chi connectivity index (χ0n) is 16.6. The van der Waals surface area contributed by atoms with Crippen LogP contribution in [0.15, 0.2) is 42.5 Å². The van der Waals surface area contributed by atoms with Gasteiger partial charge in [0.25, 0.3) is 5.91 Å². The monoisotopic (exact) mass is 379 g/mol. The fourth-order valence-electron chi connectivity index (χ4n) is 3.19. The molecule has 0 radical (unpaired) electrons. The molecule has 1 amide bonds. The molecule has 2 aromatic carbocycles. The molecular weight excluding hydrogens is 354 g/mol. The zero-order chi connectivity index (χ0) is 20.3. The van der Waals surface area contributed by atoms with Gasteiger partial charge in [-0.15, -0.1) is 0 Å². The SMILES string of the molecule is CC(C)c1cccc(C(C)C)c1NC(=O)COC(=O)c1n[nH]c2ccccc12. The van der Waals surface area contributed by atoms with Crippen LogP contribution in [0.2, 0.25) is 0 Å². The fraction of sp³-hybridized carbons (Fsp3) is 0.318. The number of nitrogens with one attached hydrogen (secondary N) is 2. The topological polar surface area (TPSA) is 84.1 Å². The number of carbonyl (C=O) groups is 2. The number of amides is 1. The van der Waals surface area contributed by atoms with Crippen molar-refractivity contribution < 1.29 is 14.3 Å². The van der Waals surface area contributed by atoms with Gasteiger partial charge in [0.1, 0.15) is 0 Å². The second kappa shape index (κ2) is 8.25. The van der Waals surface area contributed by atoms with Crippen LogP contribution in [0.1, 0.15) is 61.1 Å². The van der Waals surface area contributed by atoms with E-state index >= 15 is 0 Å². The summed E-state index contributed by atoms with van der Waals surface area (Å²) in [5.74, 6) is -0.490. The van der Waals surface area contributed by atoms with Gasteiger partial charge in [0.05, 0.1) is 5.52 Å². The van der Waals surface area contributed by atoms with Crippen molar-refractivity contribution in [2.75, 3.05) is 11.9 Å². The maximum absolute atomic E-state index is 12.5. The molecule has 0 fully saturated rings. The van der Waals surface area contributed by atoms with E-state index in [0.29, 0.717) is 5.39 Å². The molecular formula is C22H25N3O3. The molecule has 0 saturated carbocycles. The molecule has 0 spiro atoms. The first-order chi connectivity index (χ1) is 13.4. The van der Waals surface area contributed by atoms with Crippen LogP contribution in [0.4, 0.5) is 5.69 Å². The maximum Gasteiger partial charge on any atom is 0.359 e. The van der Waals surface area contributed by atoms with E-state index in [4.69, 9.17) is 4.74 Å². The molecule has 28 heavy (non-hydrogen) atoms. The highest BCUT2D eigenvalue weighted by atomic mass is 16.5. The Morgan fingerprint density at radius 1 is 1.00 bits per heavy atom. The van der Waals surface area contributed by atoms with Crippen molar-refractivity contribution in [2.24, 2.45) is 0 Å². The third-order valence-corrected chi connectivity index (χ3v) is 4.64. The highest BCUT2D eigenvalue weighted by molar-refractivity contribution is 6.03. The van der Waals surface area contributed by atoms with Gasteiger partial charge in [-0.1, -0.05) is 64.1 Å². The molecule has 0 aliphatic heterocycles. The molecule has 0 aliphatic carbocycles. The predicted molar refractivity (Wildman–Crippen MR) is 110 cm³/mol. The van der Waals surface area contributed by atoms with Gasteiger partial charge in [0.2, 0.25) is 0 Å². The molecule has 0 atom stereocenters. The lowest BCUT2D eigenvalue weighted by molar-refractivity contribution is -0.119. The largest absolute Gasteiger partial charge is 0.451 e. The van der Waals surface area contributed by atoms with Crippen molar-refractivity contribution in [1.29, 1.82) is 0 Å². The van der Waals surface area contributed by atoms with E-state index in [1.807, 2.05) is 36.4 Å². The van der Waals surface area contributed by atoms with Crippen molar-refractivity contribution in [3.8, 4) is 0 Å². The van der Waals surface area contributed by atoms with E-state index in [0.717, 1.165) is 22.3 Å². The molecule has 2 N–H and O–H groups in total. The molecule has 1 aromatic heterocycles. The number of H-pyrrole nitrogens is 1. The molecule has 0 aliphatic rings. The summed E-state index contributed by atoms with van der Waals surface area (Å²) in [5.41, 5.74) is 3.84. The van der Waals surface area contributed by atoms with E-state index in [2.05, 4.69) is 43.2 Å². The highest BCUT2D eigenvalue weighted by Crippen LogP contribution is 2.32. The lowest BCUT2D eigenvalue weighted by atomic mass is 9.92. The van der Waals surface area contributed by atoms with Crippen LogP contribution in [-0.2, 0) is 9.53 Å². The Morgan fingerprint density at radius 2 is 1.64 bits per heavy atom. The quantitative estimate of drug-likeness (QED) is 0.613. The van der Waals surface area contributed by atoms with Gasteiger partial charge in [-0.25, -0.2) is 4.79 Å². The third-order valence-electron chi connectivity index (χ3n) is 4.64. The summed E-state index contributed by atoms with van der Waals surface area (Å²) in [5, 5.41) is 10.4. The van der Waals surface area contributed by atoms with E-state index in [1.54, 1.807) is 6.07 Å². The predicted octanol–water partition coefficient (Wildman–Crippen LogP) is 4.61. The number of para-hydroxylation sites is 2. The number of benzene rings is 2. The van der Waals surface area contributed by atoms with Crippen molar-refractivity contribution in [1.82, 2.24) is 10.2 Å². The minimum absolute atomic E-state index is 0.175. The van der Waals surface area contributed by atoms with Crippen molar-refractivity contribution in [3.05, 3.63) is 59.3 Å². The number of aromatic amines is 1. The maximum atomic E-state index is 12.5. The van der Waals surface area contributed by atoms with Crippen molar-refractivity contribution in [3.63, 3.8) is 0 Å². The molecule has 146 valence electrons. The molecule has 0 bridgehead atoms. The minimum atomic E-state index is -0.631. The Kier molecular flexibility index (Phi) is 5.78. The van der Waals surface area contributed by atoms with Gasteiger partial charge < -0.3 is 10.1 Å². The van der Waals surface area contributed by atoms with E-state index in [-0.39, 0.29) is 30.0 Å². The van der Waals surface area contributed by atoms with Crippen LogP contribution in [0, 0.1) is 0 Å². The summed E-state index contributed by atoms with van der Waals surface area (Å²) in [6, 6.07) is 13.3. The number of hydrogen-bond acceptors (Lipinski definition) is 4. The average molecular weight is 379 g/mol. The van der Waals surface area contributed by atoms with Gasteiger partial charge >= 0.3 is 5.97 Å². The Hall–Kier alpha value is -3.15. The first kappa shape index (κ1) is 19.6. The summed E-state index contributed by atoms with van der Waals surface area (Å²) in [6.45, 7) is 7.95. The number of esters is 1. The Balaban J connectivity index is 1.72. The standard InChI is InChI=1S/C22H25N3O3/c1-13(2)15-9-7-10-16(14(3)4)20(15)23-19(26)12-28-22(27)21-17-8-5-6-11-18(17)24-25-21/h5-11,13-14H,12H2,1-4H3,(H,23,26)(H,24,25). The number of rotatable bonds is 6. The van der Waals surface area contributed by atoms with E-state index in [9.17, 15) is 9.59 Å². The molecule has 0 saturated heterocycles. The molecule has 6 heteroatoms. The van der Waals surface area contributed by atoms with Crippen LogP contribution in [0.3, 0.4) is 0 Å². The van der Waals surface area contributed by atoms with Gasteiger partial charge in [-0.05, 0) is 29.0 Å². The van der Waals surface area contributed by atoms with Crippen LogP contribution in [-0.4, -0.2) is 28.7 Å². The van der Waals surface area contributed by atoms with Gasteiger partial charge in [-0.3, -0.25) is 9.89 Å². The van der Waals surface area contributed by atoms with Gasteiger partial charge in [0.15, 0.2) is 12.3 Å². The van der Waals surface area contributed by atoms with Crippen LogP contribution < -0.4 is 5.32 Å².